The molecule has 34 heavy (non-hydrogen) atoms. The highest BCUT2D eigenvalue weighted by molar-refractivity contribution is 7.88. The Morgan fingerprint density at radius 1 is 0.941 bits per heavy atom. The second kappa shape index (κ2) is 10.0. The van der Waals surface area contributed by atoms with Gasteiger partial charge in [0.15, 0.2) is 0 Å². The van der Waals surface area contributed by atoms with Gasteiger partial charge < -0.3 is 4.74 Å². The normalized spacial score (nSPS) is 11.5. The van der Waals surface area contributed by atoms with Crippen LogP contribution in [0.3, 0.4) is 0 Å². The summed E-state index contributed by atoms with van der Waals surface area (Å²) in [4.78, 5) is 11.6. The van der Waals surface area contributed by atoms with E-state index in [1.807, 2.05) is 66.9 Å². The lowest BCUT2D eigenvalue weighted by Crippen LogP contribution is -2.27. The highest BCUT2D eigenvalue weighted by Gasteiger charge is 2.22. The van der Waals surface area contributed by atoms with Crippen molar-refractivity contribution in [1.82, 2.24) is 14.1 Å². The first-order valence-corrected chi connectivity index (χ1v) is 12.3. The summed E-state index contributed by atoms with van der Waals surface area (Å²) in [6.45, 7) is 0.166. The number of carbonyl (C=O) groups excluding carboxylic acids is 1. The summed E-state index contributed by atoms with van der Waals surface area (Å²) in [6, 6.07) is 25.8. The van der Waals surface area contributed by atoms with E-state index < -0.39 is 16.0 Å². The predicted octanol–water partition coefficient (Wildman–Crippen LogP) is 4.29. The highest BCUT2D eigenvalue weighted by atomic mass is 32.2. The van der Waals surface area contributed by atoms with Crippen molar-refractivity contribution in [2.24, 2.45) is 0 Å². The number of hydrogen-bond donors (Lipinski definition) is 0. The van der Waals surface area contributed by atoms with Crippen LogP contribution in [0.1, 0.15) is 21.5 Å². The standard InChI is InChI=1S/C26H25N3O4S/c1-28(34(31,32)19-20-13-15-22(16-14-20)26(30)33-2)17-23-18-29(24-11-7-4-8-12-24)27-25(23)21-9-5-3-6-10-21/h3-16,18H,17,19H2,1-2H3. The highest BCUT2D eigenvalue weighted by Crippen LogP contribution is 2.26. The van der Waals surface area contributed by atoms with E-state index in [1.54, 1.807) is 36.0 Å². The van der Waals surface area contributed by atoms with Gasteiger partial charge in [0.25, 0.3) is 0 Å². The molecule has 0 atom stereocenters. The van der Waals surface area contributed by atoms with Crippen LogP contribution >= 0.6 is 0 Å². The third-order valence-electron chi connectivity index (χ3n) is 5.45. The lowest BCUT2D eigenvalue weighted by Gasteiger charge is -2.17. The van der Waals surface area contributed by atoms with Crippen molar-refractivity contribution < 1.29 is 17.9 Å². The Balaban J connectivity index is 1.59. The average Bonchev–Trinajstić information content (AvgIpc) is 3.28. The van der Waals surface area contributed by atoms with Gasteiger partial charge in [0.1, 0.15) is 0 Å². The number of nitrogens with zero attached hydrogens (tertiary/aromatic N) is 3. The molecule has 3 aromatic carbocycles. The first-order chi connectivity index (χ1) is 16.4. The minimum Gasteiger partial charge on any atom is -0.465 e. The zero-order valence-electron chi connectivity index (χ0n) is 19.0. The summed E-state index contributed by atoms with van der Waals surface area (Å²) >= 11 is 0. The average molecular weight is 476 g/mol. The van der Waals surface area contributed by atoms with Crippen molar-refractivity contribution in [3.05, 3.63) is 108 Å². The maximum atomic E-state index is 13.1. The SMILES string of the molecule is COC(=O)c1ccc(CS(=O)(=O)N(C)Cc2cn(-c3ccccc3)nc2-c2ccccc2)cc1. The number of methoxy groups -OCH3 is 1. The second-order valence-electron chi connectivity index (χ2n) is 7.85. The second-order valence-corrected chi connectivity index (χ2v) is 9.93. The Hall–Kier alpha value is -3.75. The third-order valence-corrected chi connectivity index (χ3v) is 7.23. The molecule has 0 bridgehead atoms. The maximum Gasteiger partial charge on any atom is 0.337 e. The number of esters is 1. The first kappa shape index (κ1) is 23.4. The van der Waals surface area contributed by atoms with E-state index in [-0.39, 0.29) is 12.3 Å². The monoisotopic (exact) mass is 475 g/mol. The number of carbonyl (C=O) groups is 1. The van der Waals surface area contributed by atoms with Crippen molar-refractivity contribution in [3.63, 3.8) is 0 Å². The predicted molar refractivity (Wildman–Crippen MR) is 131 cm³/mol. The fourth-order valence-electron chi connectivity index (χ4n) is 3.59. The van der Waals surface area contributed by atoms with E-state index in [0.29, 0.717) is 11.1 Å². The van der Waals surface area contributed by atoms with Crippen molar-refractivity contribution in [2.45, 2.75) is 12.3 Å². The summed E-state index contributed by atoms with van der Waals surface area (Å²) in [6.07, 6.45) is 1.87. The molecule has 7 nitrogen and oxygen atoms in total. The molecule has 1 heterocycles. The Morgan fingerprint density at radius 2 is 1.56 bits per heavy atom. The zero-order chi connectivity index (χ0) is 24.1. The van der Waals surface area contributed by atoms with Crippen molar-refractivity contribution in [1.29, 1.82) is 0 Å². The van der Waals surface area contributed by atoms with E-state index in [4.69, 9.17) is 5.10 Å². The number of benzene rings is 3. The van der Waals surface area contributed by atoms with Crippen LogP contribution in [0, 0.1) is 0 Å². The van der Waals surface area contributed by atoms with Crippen molar-refractivity contribution in [2.75, 3.05) is 14.2 Å². The van der Waals surface area contributed by atoms with Gasteiger partial charge in [-0.2, -0.15) is 5.10 Å². The van der Waals surface area contributed by atoms with Crippen LogP contribution in [0.4, 0.5) is 0 Å². The number of rotatable bonds is 8. The molecule has 0 saturated carbocycles. The quantitative estimate of drug-likeness (QED) is 0.355. The summed E-state index contributed by atoms with van der Waals surface area (Å²) in [5.41, 5.74) is 4.29. The van der Waals surface area contributed by atoms with Gasteiger partial charge >= 0.3 is 5.97 Å². The van der Waals surface area contributed by atoms with Gasteiger partial charge in [0, 0.05) is 30.9 Å². The summed E-state index contributed by atoms with van der Waals surface area (Å²) in [7, 11) is -0.757. The van der Waals surface area contributed by atoms with Gasteiger partial charge in [-0.05, 0) is 29.8 Å². The van der Waals surface area contributed by atoms with Gasteiger partial charge in [0.2, 0.25) is 10.0 Å². The van der Waals surface area contributed by atoms with Crippen molar-refractivity contribution in [3.8, 4) is 16.9 Å². The fraction of sp³-hybridized carbons (Fsp3) is 0.154. The van der Waals surface area contributed by atoms with Crippen LogP contribution < -0.4 is 0 Å². The van der Waals surface area contributed by atoms with Crippen LogP contribution in [0.25, 0.3) is 16.9 Å². The maximum absolute atomic E-state index is 13.1. The molecular formula is C26H25N3O4S. The number of para-hydroxylation sites is 1. The Labute approximate surface area is 199 Å². The summed E-state index contributed by atoms with van der Waals surface area (Å²) in [5, 5.41) is 4.76. The topological polar surface area (TPSA) is 81.5 Å². The number of hydrogen-bond acceptors (Lipinski definition) is 5. The Bertz CT molecular complexity index is 1370. The molecule has 0 amide bonds. The molecule has 174 valence electrons. The van der Waals surface area contributed by atoms with Crippen LogP contribution in [-0.4, -0.2) is 42.6 Å². The van der Waals surface area contributed by atoms with Gasteiger partial charge in [0.05, 0.1) is 29.8 Å². The minimum absolute atomic E-state index is 0.166. The molecule has 4 rings (SSSR count). The molecule has 0 fully saturated rings. The van der Waals surface area contributed by atoms with Gasteiger partial charge in [-0.3, -0.25) is 0 Å². The van der Waals surface area contributed by atoms with Crippen LogP contribution in [0.5, 0.6) is 0 Å². The third kappa shape index (κ3) is 5.24. The molecule has 8 heteroatoms. The molecule has 0 N–H and O–H groups in total. The van der Waals surface area contributed by atoms with E-state index >= 15 is 0 Å². The van der Waals surface area contributed by atoms with Crippen LogP contribution in [0.2, 0.25) is 0 Å². The van der Waals surface area contributed by atoms with Crippen LogP contribution in [-0.2, 0) is 27.1 Å². The smallest absolute Gasteiger partial charge is 0.337 e. The van der Waals surface area contributed by atoms with Gasteiger partial charge in [-0.25, -0.2) is 22.2 Å². The molecular weight excluding hydrogens is 450 g/mol. The van der Waals surface area contributed by atoms with E-state index in [1.165, 1.54) is 11.4 Å². The molecule has 0 aliphatic carbocycles. The van der Waals surface area contributed by atoms with Gasteiger partial charge in [-0.1, -0.05) is 60.7 Å². The molecule has 0 saturated heterocycles. The molecule has 1 aromatic heterocycles. The molecule has 0 unspecified atom stereocenters. The van der Waals surface area contributed by atoms with Crippen LogP contribution in [0.15, 0.2) is 91.1 Å². The fourth-order valence-corrected chi connectivity index (χ4v) is 4.76. The minimum atomic E-state index is -3.62. The van der Waals surface area contributed by atoms with Crippen molar-refractivity contribution >= 4 is 16.0 Å². The Morgan fingerprint density at radius 3 is 2.18 bits per heavy atom. The summed E-state index contributed by atoms with van der Waals surface area (Å²) < 4.78 is 34.0. The van der Waals surface area contributed by atoms with E-state index in [0.717, 1.165) is 22.5 Å². The number of sulfonamides is 1. The summed E-state index contributed by atoms with van der Waals surface area (Å²) in [5.74, 6) is -0.645. The lowest BCUT2D eigenvalue weighted by molar-refractivity contribution is 0.0600. The number of aromatic nitrogens is 2. The Kier molecular flexibility index (Phi) is 6.90. The van der Waals surface area contributed by atoms with E-state index in [9.17, 15) is 13.2 Å². The lowest BCUT2D eigenvalue weighted by atomic mass is 10.1. The molecule has 0 aliphatic rings. The van der Waals surface area contributed by atoms with E-state index in [2.05, 4.69) is 4.74 Å². The first-order valence-electron chi connectivity index (χ1n) is 10.7. The van der Waals surface area contributed by atoms with Gasteiger partial charge in [-0.15, -0.1) is 0 Å². The number of ether oxygens (including phenoxy) is 1. The molecule has 0 spiro atoms. The zero-order valence-corrected chi connectivity index (χ0v) is 19.8. The largest absolute Gasteiger partial charge is 0.465 e. The molecule has 0 radical (unpaired) electrons. The molecule has 0 aliphatic heterocycles. The molecule has 4 aromatic rings.